The molecule has 1 rings (SSSR count). The van der Waals surface area contributed by atoms with Gasteiger partial charge in [0.2, 0.25) is 7.75 Å². The van der Waals surface area contributed by atoms with E-state index in [9.17, 15) is 9.46 Å². The molecule has 5 heteroatoms. The van der Waals surface area contributed by atoms with E-state index >= 15 is 0 Å². The first kappa shape index (κ1) is 8.27. The zero-order valence-electron chi connectivity index (χ0n) is 5.60. The van der Waals surface area contributed by atoms with E-state index in [0.29, 0.717) is 5.69 Å². The summed E-state index contributed by atoms with van der Waals surface area (Å²) in [6, 6.07) is 8.16. The van der Waals surface area contributed by atoms with Crippen molar-refractivity contribution in [2.24, 2.45) is 0 Å². The minimum atomic E-state index is -4.39. The molecule has 0 aliphatic carbocycles. The summed E-state index contributed by atoms with van der Waals surface area (Å²) in [7, 11) is -4.39. The smallest absolute Gasteiger partial charge is 0.227 e. The summed E-state index contributed by atoms with van der Waals surface area (Å²) in [5, 5.41) is 1.94. The minimum Gasteiger partial charge on any atom is -0.762 e. The number of hydrogen-bond donors (Lipinski definition) is 2. The fourth-order valence-corrected chi connectivity index (χ4v) is 1.15. The van der Waals surface area contributed by atoms with Gasteiger partial charge in [0.15, 0.2) is 0 Å². The summed E-state index contributed by atoms with van der Waals surface area (Å²) in [5.74, 6) is 0. The van der Waals surface area contributed by atoms with Crippen molar-refractivity contribution >= 4 is 13.4 Å². The van der Waals surface area contributed by atoms with Gasteiger partial charge in [-0.2, -0.15) is 0 Å². The van der Waals surface area contributed by atoms with Crippen LogP contribution in [-0.2, 0) is 4.57 Å². The molecule has 0 saturated carbocycles. The Morgan fingerprint density at radius 1 is 1.36 bits per heavy atom. The van der Waals surface area contributed by atoms with E-state index in [-0.39, 0.29) is 0 Å². The molecule has 1 aromatic rings. The Kier molecular flexibility index (Phi) is 2.29. The molecule has 11 heavy (non-hydrogen) atoms. The van der Waals surface area contributed by atoms with Crippen molar-refractivity contribution < 1.29 is 14.4 Å². The summed E-state index contributed by atoms with van der Waals surface area (Å²) in [4.78, 5) is 18.6. The first-order valence-electron chi connectivity index (χ1n) is 2.95. The van der Waals surface area contributed by atoms with Crippen molar-refractivity contribution in [3.05, 3.63) is 30.3 Å². The Hall–Kier alpha value is -0.830. The minimum absolute atomic E-state index is 0.355. The van der Waals surface area contributed by atoms with Gasteiger partial charge in [-0.05, 0) is 12.1 Å². The van der Waals surface area contributed by atoms with Gasteiger partial charge in [-0.3, -0.25) is 4.57 Å². The van der Waals surface area contributed by atoms with Gasteiger partial charge in [-0.15, -0.1) is 0 Å². The zero-order valence-corrected chi connectivity index (χ0v) is 6.49. The second-order valence-corrected chi connectivity index (χ2v) is 3.26. The molecule has 0 spiro atoms. The molecule has 0 radical (unpaired) electrons. The quantitative estimate of drug-likeness (QED) is 0.639. The molecule has 0 aliphatic heterocycles. The van der Waals surface area contributed by atoms with Crippen molar-refractivity contribution in [1.29, 1.82) is 0 Å². The second-order valence-electron chi connectivity index (χ2n) is 2.00. The Morgan fingerprint density at radius 3 is 2.36 bits per heavy atom. The highest BCUT2D eigenvalue weighted by molar-refractivity contribution is 7.51. The highest BCUT2D eigenvalue weighted by Gasteiger charge is 1.98. The van der Waals surface area contributed by atoms with E-state index in [1.807, 2.05) is 5.09 Å². The third kappa shape index (κ3) is 3.18. The average Bonchev–Trinajstić information content (AvgIpc) is 1.85. The molecule has 0 fully saturated rings. The lowest BCUT2D eigenvalue weighted by Gasteiger charge is -2.17. The SMILES string of the molecule is O=P([O-])(O)Nc1ccccc1. The Bertz CT molecular complexity index is 268. The molecule has 1 unspecified atom stereocenters. The molecule has 1 aromatic carbocycles. The van der Waals surface area contributed by atoms with Crippen LogP contribution in [0.2, 0.25) is 0 Å². The fraction of sp³-hybridized carbons (Fsp3) is 0. The van der Waals surface area contributed by atoms with Gasteiger partial charge >= 0.3 is 0 Å². The van der Waals surface area contributed by atoms with Crippen LogP contribution in [0.3, 0.4) is 0 Å². The predicted octanol–water partition coefficient (Wildman–Crippen LogP) is 0.559. The third-order valence-electron chi connectivity index (χ3n) is 1.04. The van der Waals surface area contributed by atoms with Gasteiger partial charge < -0.3 is 14.9 Å². The number of benzene rings is 1. The Labute approximate surface area is 64.1 Å². The number of hydrogen-bond acceptors (Lipinski definition) is 2. The maximum atomic E-state index is 10.3. The zero-order chi connectivity index (χ0) is 8.32. The number of para-hydroxylation sites is 1. The molecule has 0 bridgehead atoms. The highest BCUT2D eigenvalue weighted by Crippen LogP contribution is 2.29. The summed E-state index contributed by atoms with van der Waals surface area (Å²) in [6.45, 7) is 0. The van der Waals surface area contributed by atoms with Crippen LogP contribution in [0.5, 0.6) is 0 Å². The van der Waals surface area contributed by atoms with Crippen LogP contribution < -0.4 is 9.98 Å². The topological polar surface area (TPSA) is 72.4 Å². The average molecular weight is 172 g/mol. The van der Waals surface area contributed by atoms with Gasteiger partial charge in [0, 0.05) is 5.69 Å². The van der Waals surface area contributed by atoms with Gasteiger partial charge in [0.05, 0.1) is 0 Å². The normalized spacial score (nSPS) is 15.5. The van der Waals surface area contributed by atoms with Crippen LogP contribution in [0.1, 0.15) is 0 Å². The molecule has 0 aliphatic rings. The lowest BCUT2D eigenvalue weighted by Crippen LogP contribution is -2.07. The maximum absolute atomic E-state index is 10.3. The molecule has 1 atom stereocenters. The number of anilines is 1. The molecule has 0 saturated heterocycles. The number of nitrogens with one attached hydrogen (secondary N) is 1. The highest BCUT2D eigenvalue weighted by atomic mass is 31.2. The van der Waals surface area contributed by atoms with Crippen molar-refractivity contribution in [2.45, 2.75) is 0 Å². The van der Waals surface area contributed by atoms with Crippen molar-refractivity contribution in [3.63, 3.8) is 0 Å². The molecule has 60 valence electrons. The van der Waals surface area contributed by atoms with E-state index in [1.165, 1.54) is 0 Å². The van der Waals surface area contributed by atoms with E-state index in [1.54, 1.807) is 30.3 Å². The van der Waals surface area contributed by atoms with Gasteiger partial charge in [-0.1, -0.05) is 18.2 Å². The molecule has 0 amide bonds. The maximum Gasteiger partial charge on any atom is 0.227 e. The molecule has 4 nitrogen and oxygen atoms in total. The van der Waals surface area contributed by atoms with Crippen molar-refractivity contribution in [1.82, 2.24) is 0 Å². The molecular weight excluding hydrogens is 165 g/mol. The van der Waals surface area contributed by atoms with Crippen LogP contribution in [0, 0.1) is 0 Å². The lowest BCUT2D eigenvalue weighted by molar-refractivity contribution is -0.191. The lowest BCUT2D eigenvalue weighted by atomic mass is 10.3. The van der Waals surface area contributed by atoms with Gasteiger partial charge in [-0.25, -0.2) is 0 Å². The predicted molar refractivity (Wildman–Crippen MR) is 39.9 cm³/mol. The monoisotopic (exact) mass is 172 g/mol. The largest absolute Gasteiger partial charge is 0.762 e. The number of rotatable bonds is 2. The van der Waals surface area contributed by atoms with Crippen LogP contribution >= 0.6 is 7.75 Å². The van der Waals surface area contributed by atoms with Crippen LogP contribution in [-0.4, -0.2) is 4.89 Å². The summed E-state index contributed by atoms with van der Waals surface area (Å²) < 4.78 is 10.3. The fourth-order valence-electron chi connectivity index (χ4n) is 0.676. The molecular formula is C6H7NO3P-. The van der Waals surface area contributed by atoms with Gasteiger partial charge in [0.1, 0.15) is 0 Å². The second kappa shape index (κ2) is 3.05. The van der Waals surface area contributed by atoms with Gasteiger partial charge in [0.25, 0.3) is 0 Å². The third-order valence-corrected chi connectivity index (χ3v) is 1.58. The van der Waals surface area contributed by atoms with E-state index in [4.69, 9.17) is 4.89 Å². The summed E-state index contributed by atoms with van der Waals surface area (Å²) in [5.41, 5.74) is 0.355. The standard InChI is InChI=1S/C6H8NO3P/c8-11(9,10)7-6-4-2-1-3-5-6/h1-5H,(H3,7,8,9,10)/p-1. The van der Waals surface area contributed by atoms with E-state index in [0.717, 1.165) is 0 Å². The molecule has 0 heterocycles. The van der Waals surface area contributed by atoms with Crippen LogP contribution in [0.4, 0.5) is 5.69 Å². The molecule has 0 aromatic heterocycles. The Balaban J connectivity index is 2.74. The van der Waals surface area contributed by atoms with E-state index < -0.39 is 7.75 Å². The van der Waals surface area contributed by atoms with Crippen LogP contribution in [0.15, 0.2) is 30.3 Å². The summed E-state index contributed by atoms with van der Waals surface area (Å²) >= 11 is 0. The van der Waals surface area contributed by atoms with Crippen molar-refractivity contribution in [3.8, 4) is 0 Å². The first-order valence-corrected chi connectivity index (χ1v) is 4.53. The van der Waals surface area contributed by atoms with E-state index in [2.05, 4.69) is 0 Å². The van der Waals surface area contributed by atoms with Crippen LogP contribution in [0.25, 0.3) is 0 Å². The van der Waals surface area contributed by atoms with Crippen molar-refractivity contribution in [2.75, 3.05) is 5.09 Å². The Morgan fingerprint density at radius 2 is 1.91 bits per heavy atom. The molecule has 2 N–H and O–H groups in total. The summed E-state index contributed by atoms with van der Waals surface area (Å²) in [6.07, 6.45) is 0. The first-order chi connectivity index (χ1) is 5.08.